The molecule has 6 nitrogen and oxygen atoms in total. The minimum atomic E-state index is -0.444. The number of aromatic nitrogens is 2. The summed E-state index contributed by atoms with van der Waals surface area (Å²) in [6, 6.07) is 1.79. The number of nitrogens with one attached hydrogen (secondary N) is 2. The minimum Gasteiger partial charge on any atom is -0.373 e. The van der Waals surface area contributed by atoms with E-state index in [-0.39, 0.29) is 12.3 Å². The summed E-state index contributed by atoms with van der Waals surface area (Å²) in [5.74, 6) is 1.05. The number of hydrogen-bond acceptors (Lipinski definition) is 6. The molecule has 18 heavy (non-hydrogen) atoms. The van der Waals surface area contributed by atoms with E-state index in [4.69, 9.17) is 5.73 Å². The predicted octanol–water partition coefficient (Wildman–Crippen LogP) is 1.31. The maximum atomic E-state index is 11.0. The largest absolute Gasteiger partial charge is 0.373 e. The fourth-order valence-corrected chi connectivity index (χ4v) is 1.91. The van der Waals surface area contributed by atoms with E-state index in [0.29, 0.717) is 11.0 Å². The van der Waals surface area contributed by atoms with E-state index >= 15 is 0 Å². The number of thioether (sulfide) groups is 1. The average molecular weight is 269 g/mol. The lowest BCUT2D eigenvalue weighted by Gasteiger charge is -2.25. The Morgan fingerprint density at radius 1 is 1.44 bits per heavy atom. The number of amides is 1. The molecule has 0 aliphatic carbocycles. The number of anilines is 2. The van der Waals surface area contributed by atoms with Gasteiger partial charge in [-0.05, 0) is 20.1 Å². The molecular formula is C11H19N5OS. The monoisotopic (exact) mass is 269 g/mol. The fourth-order valence-electron chi connectivity index (χ4n) is 1.53. The number of rotatable bonds is 6. The SMILES string of the molecule is CNc1cc(NC(C)(C)CC(N)=O)nc(SC)n1. The molecular weight excluding hydrogens is 250 g/mol. The lowest BCUT2D eigenvalue weighted by atomic mass is 10.0. The predicted molar refractivity (Wildman–Crippen MR) is 74.9 cm³/mol. The summed E-state index contributed by atoms with van der Waals surface area (Å²) < 4.78 is 0. The normalized spacial score (nSPS) is 11.1. The van der Waals surface area contributed by atoms with Crippen molar-refractivity contribution in [3.8, 4) is 0 Å². The van der Waals surface area contributed by atoms with Crippen LogP contribution in [0.25, 0.3) is 0 Å². The second kappa shape index (κ2) is 5.90. The molecule has 0 aromatic carbocycles. The highest BCUT2D eigenvalue weighted by Gasteiger charge is 2.21. The van der Waals surface area contributed by atoms with E-state index in [1.54, 1.807) is 13.1 Å². The molecule has 0 aliphatic heterocycles. The molecule has 0 fully saturated rings. The molecule has 1 amide bonds. The highest BCUT2D eigenvalue weighted by molar-refractivity contribution is 7.98. The molecule has 0 aliphatic rings. The summed E-state index contributed by atoms with van der Waals surface area (Å²) in [4.78, 5) is 19.6. The molecule has 100 valence electrons. The molecule has 1 heterocycles. The van der Waals surface area contributed by atoms with Crippen molar-refractivity contribution in [1.82, 2.24) is 9.97 Å². The Hall–Kier alpha value is -1.50. The lowest BCUT2D eigenvalue weighted by molar-refractivity contribution is -0.118. The van der Waals surface area contributed by atoms with Gasteiger partial charge in [0.1, 0.15) is 11.6 Å². The first-order valence-electron chi connectivity index (χ1n) is 5.53. The molecule has 0 unspecified atom stereocenters. The Labute approximate surface area is 111 Å². The van der Waals surface area contributed by atoms with E-state index in [2.05, 4.69) is 20.6 Å². The molecule has 0 spiro atoms. The van der Waals surface area contributed by atoms with Crippen molar-refractivity contribution in [1.29, 1.82) is 0 Å². The van der Waals surface area contributed by atoms with E-state index < -0.39 is 5.54 Å². The number of carbonyl (C=O) groups excluding carboxylic acids is 1. The maximum absolute atomic E-state index is 11.0. The molecule has 1 rings (SSSR count). The molecule has 1 aromatic rings. The van der Waals surface area contributed by atoms with Crippen LogP contribution in [0.3, 0.4) is 0 Å². The molecule has 0 saturated heterocycles. The van der Waals surface area contributed by atoms with Gasteiger partial charge in [-0.3, -0.25) is 4.79 Å². The van der Waals surface area contributed by atoms with E-state index in [1.807, 2.05) is 20.1 Å². The summed E-state index contributed by atoms with van der Waals surface area (Å²) in [5, 5.41) is 6.83. The minimum absolute atomic E-state index is 0.237. The Bertz CT molecular complexity index is 413. The highest BCUT2D eigenvalue weighted by atomic mass is 32.2. The summed E-state index contributed by atoms with van der Waals surface area (Å²) in [5.41, 5.74) is 4.77. The van der Waals surface area contributed by atoms with E-state index in [1.165, 1.54) is 11.8 Å². The molecule has 0 saturated carbocycles. The summed E-state index contributed by atoms with van der Waals surface area (Å²) in [7, 11) is 1.80. The molecule has 0 bridgehead atoms. The zero-order valence-corrected chi connectivity index (χ0v) is 11.9. The van der Waals surface area contributed by atoms with Crippen LogP contribution in [-0.2, 0) is 4.79 Å². The van der Waals surface area contributed by atoms with Crippen molar-refractivity contribution in [2.45, 2.75) is 31.0 Å². The van der Waals surface area contributed by atoms with Gasteiger partial charge in [-0.15, -0.1) is 0 Å². The molecule has 7 heteroatoms. The van der Waals surface area contributed by atoms with E-state index in [0.717, 1.165) is 5.82 Å². The van der Waals surface area contributed by atoms with Crippen LogP contribution in [0.1, 0.15) is 20.3 Å². The number of primary amides is 1. The number of nitrogens with zero attached hydrogens (tertiary/aromatic N) is 2. The Morgan fingerprint density at radius 3 is 2.56 bits per heavy atom. The second-order valence-corrected chi connectivity index (χ2v) is 5.30. The Kier molecular flexibility index (Phi) is 4.77. The highest BCUT2D eigenvalue weighted by Crippen LogP contribution is 2.21. The first kappa shape index (κ1) is 14.6. The van der Waals surface area contributed by atoms with E-state index in [9.17, 15) is 4.79 Å². The quantitative estimate of drug-likeness (QED) is 0.532. The zero-order chi connectivity index (χ0) is 13.8. The number of carbonyl (C=O) groups is 1. The first-order valence-corrected chi connectivity index (χ1v) is 6.76. The first-order chi connectivity index (χ1) is 8.36. The molecule has 0 radical (unpaired) electrons. The van der Waals surface area contributed by atoms with Gasteiger partial charge in [0.2, 0.25) is 5.91 Å². The van der Waals surface area contributed by atoms with Crippen molar-refractivity contribution in [2.75, 3.05) is 23.9 Å². The third kappa shape index (κ3) is 4.40. The summed E-state index contributed by atoms with van der Waals surface area (Å²) >= 11 is 1.46. The van der Waals surface area contributed by atoms with Crippen molar-refractivity contribution in [3.63, 3.8) is 0 Å². The van der Waals surface area contributed by atoms with Crippen LogP contribution in [0.2, 0.25) is 0 Å². The van der Waals surface area contributed by atoms with Gasteiger partial charge >= 0.3 is 0 Å². The summed E-state index contributed by atoms with van der Waals surface area (Å²) in [6.45, 7) is 3.80. The van der Waals surface area contributed by atoms with Crippen molar-refractivity contribution in [3.05, 3.63) is 6.07 Å². The van der Waals surface area contributed by atoms with Crippen LogP contribution in [0.15, 0.2) is 11.2 Å². The van der Waals surface area contributed by atoms with Gasteiger partial charge in [0.15, 0.2) is 5.16 Å². The van der Waals surface area contributed by atoms with Crippen LogP contribution < -0.4 is 16.4 Å². The molecule has 4 N–H and O–H groups in total. The van der Waals surface area contributed by atoms with Crippen molar-refractivity contribution >= 4 is 29.3 Å². The van der Waals surface area contributed by atoms with Crippen LogP contribution in [0.5, 0.6) is 0 Å². The van der Waals surface area contributed by atoms with Gasteiger partial charge in [0, 0.05) is 25.1 Å². The molecule has 0 atom stereocenters. The van der Waals surface area contributed by atoms with Crippen molar-refractivity contribution in [2.24, 2.45) is 5.73 Å². The standard InChI is InChI=1S/C11H19N5OS/c1-11(2,6-7(12)17)16-9-5-8(13-3)14-10(15-9)18-4/h5H,6H2,1-4H3,(H2,12,17)(H2,13,14,15,16). The lowest BCUT2D eigenvalue weighted by Crippen LogP contribution is -2.36. The fraction of sp³-hybridized carbons (Fsp3) is 0.545. The van der Waals surface area contributed by atoms with Gasteiger partial charge in [-0.2, -0.15) is 0 Å². The second-order valence-electron chi connectivity index (χ2n) is 4.53. The van der Waals surface area contributed by atoms with Crippen LogP contribution in [0, 0.1) is 0 Å². The van der Waals surface area contributed by atoms with Gasteiger partial charge < -0.3 is 16.4 Å². The van der Waals surface area contributed by atoms with Crippen LogP contribution in [0.4, 0.5) is 11.6 Å². The van der Waals surface area contributed by atoms with Crippen LogP contribution in [-0.4, -0.2) is 34.7 Å². The average Bonchev–Trinajstić information content (AvgIpc) is 2.25. The van der Waals surface area contributed by atoms with Crippen molar-refractivity contribution < 1.29 is 4.79 Å². The van der Waals surface area contributed by atoms with Crippen LogP contribution >= 0.6 is 11.8 Å². The third-order valence-electron chi connectivity index (χ3n) is 2.23. The van der Waals surface area contributed by atoms with Gasteiger partial charge in [-0.25, -0.2) is 9.97 Å². The maximum Gasteiger partial charge on any atom is 0.219 e. The Morgan fingerprint density at radius 2 is 2.06 bits per heavy atom. The third-order valence-corrected chi connectivity index (χ3v) is 2.77. The van der Waals surface area contributed by atoms with Gasteiger partial charge in [-0.1, -0.05) is 11.8 Å². The van der Waals surface area contributed by atoms with Gasteiger partial charge in [0.25, 0.3) is 0 Å². The smallest absolute Gasteiger partial charge is 0.219 e. The number of nitrogens with two attached hydrogens (primary N) is 1. The Balaban J connectivity index is 2.92. The number of hydrogen-bond donors (Lipinski definition) is 3. The van der Waals surface area contributed by atoms with Gasteiger partial charge in [0.05, 0.1) is 0 Å². The molecule has 1 aromatic heterocycles. The zero-order valence-electron chi connectivity index (χ0n) is 11.1. The topological polar surface area (TPSA) is 92.9 Å². The summed E-state index contributed by atoms with van der Waals surface area (Å²) in [6.07, 6.45) is 2.15.